The molecule has 3 aromatic rings. The molecular weight excluding hydrogens is 689 g/mol. The Bertz CT molecular complexity index is 1920. The van der Waals surface area contributed by atoms with E-state index in [0.717, 1.165) is 11.1 Å². The molecule has 1 unspecified atom stereocenters. The van der Waals surface area contributed by atoms with Gasteiger partial charge in [-0.05, 0) is 72.0 Å². The van der Waals surface area contributed by atoms with Crippen molar-refractivity contribution < 1.29 is 22.2 Å². The molecule has 3 aromatic carbocycles. The maximum atomic E-state index is 15.0. The summed E-state index contributed by atoms with van der Waals surface area (Å²) in [6, 6.07) is 20.5. The first-order valence-corrected chi connectivity index (χ1v) is 19.9. The van der Waals surface area contributed by atoms with Gasteiger partial charge >= 0.3 is 0 Å². The van der Waals surface area contributed by atoms with Crippen molar-refractivity contribution in [3.8, 4) is 6.07 Å². The monoisotopic (exact) mass is 729 g/mol. The van der Waals surface area contributed by atoms with Gasteiger partial charge in [-0.1, -0.05) is 82.1 Å². The van der Waals surface area contributed by atoms with Gasteiger partial charge in [-0.3, -0.25) is 14.4 Å². The number of carbonyl (C=O) groups is 2. The van der Waals surface area contributed by atoms with Crippen molar-refractivity contribution in [2.45, 2.75) is 75.6 Å². The van der Waals surface area contributed by atoms with Crippen molar-refractivity contribution in [3.05, 3.63) is 99.5 Å². The number of nitrogens with one attached hydrogen (secondary N) is 1. The number of benzene rings is 3. The van der Waals surface area contributed by atoms with E-state index in [2.05, 4.69) is 0 Å². The number of hydrogen-bond acceptors (Lipinski definition) is 7. The lowest BCUT2D eigenvalue weighted by molar-refractivity contribution is -0.157. The first-order chi connectivity index (χ1) is 22.4. The zero-order chi connectivity index (χ0) is 35.6. The number of Topliss-reactive ketones (excluding diaryl/α,β-unsaturated/α-hetero) is 1. The average Bonchev–Trinajstić information content (AvgIpc) is 3.01. The Morgan fingerprint density at radius 2 is 1.60 bits per heavy atom. The second-order valence-electron chi connectivity index (χ2n) is 13.5. The lowest BCUT2D eigenvalue weighted by atomic mass is 9.66. The molecular formula is C36H41Cl2N3O5S2. The average molecular weight is 731 g/mol. The van der Waals surface area contributed by atoms with Crippen molar-refractivity contribution in [2.75, 3.05) is 11.5 Å². The highest BCUT2D eigenvalue weighted by Crippen LogP contribution is 2.52. The van der Waals surface area contributed by atoms with Gasteiger partial charge in [0.15, 0.2) is 9.84 Å². The van der Waals surface area contributed by atoms with Gasteiger partial charge in [0, 0.05) is 43.4 Å². The normalized spacial score (nSPS) is 21.9. The van der Waals surface area contributed by atoms with E-state index in [9.17, 15) is 22.2 Å². The zero-order valence-corrected chi connectivity index (χ0v) is 30.8. The fourth-order valence-electron chi connectivity index (χ4n) is 6.47. The summed E-state index contributed by atoms with van der Waals surface area (Å²) < 4.78 is 48.9. The molecule has 4 rings (SSSR count). The Morgan fingerprint density at radius 1 is 0.979 bits per heavy atom. The van der Waals surface area contributed by atoms with E-state index < -0.39 is 59.8 Å². The van der Waals surface area contributed by atoms with Crippen LogP contribution in [-0.2, 0) is 29.2 Å². The van der Waals surface area contributed by atoms with Gasteiger partial charge in [-0.25, -0.2) is 12.6 Å². The Labute approximate surface area is 294 Å². The van der Waals surface area contributed by atoms with Crippen LogP contribution in [0.3, 0.4) is 0 Å². The molecule has 1 saturated heterocycles. The lowest BCUT2D eigenvalue weighted by Gasteiger charge is -2.53. The number of nitriles is 1. The van der Waals surface area contributed by atoms with E-state index in [0.29, 0.717) is 10.0 Å². The molecule has 0 radical (unpaired) electrons. The van der Waals surface area contributed by atoms with Gasteiger partial charge in [0.1, 0.15) is 11.5 Å². The van der Waals surface area contributed by atoms with E-state index in [1.165, 1.54) is 24.3 Å². The maximum Gasteiger partial charge on any atom is 0.229 e. The summed E-state index contributed by atoms with van der Waals surface area (Å²) in [5, 5.41) is 9.63. The molecule has 1 aliphatic rings. The molecule has 12 heteroatoms. The molecule has 0 spiro atoms. The van der Waals surface area contributed by atoms with Crippen LogP contribution in [0, 0.1) is 27.4 Å². The van der Waals surface area contributed by atoms with Crippen LogP contribution in [0.5, 0.6) is 0 Å². The van der Waals surface area contributed by atoms with E-state index in [1.54, 1.807) is 43.9 Å². The summed E-state index contributed by atoms with van der Waals surface area (Å²) in [5.41, 5.74) is 0.542. The van der Waals surface area contributed by atoms with Gasteiger partial charge < -0.3 is 4.90 Å². The molecule has 1 heterocycles. The number of ketones is 1. The number of likely N-dealkylation sites (tertiary alicyclic amines) is 1. The fourth-order valence-corrected chi connectivity index (χ4v) is 9.48. The predicted molar refractivity (Wildman–Crippen MR) is 190 cm³/mol. The molecule has 5 atom stereocenters. The van der Waals surface area contributed by atoms with Crippen molar-refractivity contribution in [1.82, 2.24) is 4.90 Å². The summed E-state index contributed by atoms with van der Waals surface area (Å²) in [7, 11) is -7.20. The Hall–Kier alpha value is -3.23. The highest BCUT2D eigenvalue weighted by Gasteiger charge is 2.53. The third-order valence-electron chi connectivity index (χ3n) is 9.18. The Kier molecular flexibility index (Phi) is 11.5. The van der Waals surface area contributed by atoms with E-state index >= 15 is 0 Å². The van der Waals surface area contributed by atoms with Gasteiger partial charge in [0.05, 0.1) is 33.7 Å². The first kappa shape index (κ1) is 37.6. The largest absolute Gasteiger partial charge is 0.330 e. The van der Waals surface area contributed by atoms with E-state index in [4.69, 9.17) is 33.2 Å². The number of sulfone groups is 1. The van der Waals surface area contributed by atoms with Crippen LogP contribution in [-0.4, -0.2) is 52.0 Å². The highest BCUT2D eigenvalue weighted by molar-refractivity contribution is 7.93. The molecule has 1 fully saturated rings. The van der Waals surface area contributed by atoms with Gasteiger partial charge in [-0.2, -0.15) is 5.26 Å². The molecule has 0 aliphatic carbocycles. The number of hydrogen-bond donors (Lipinski definition) is 1. The maximum absolute atomic E-state index is 15.0. The van der Waals surface area contributed by atoms with Crippen LogP contribution in [0.4, 0.5) is 0 Å². The second kappa shape index (κ2) is 14.7. The van der Waals surface area contributed by atoms with Gasteiger partial charge in [0.25, 0.3) is 0 Å². The number of piperidine rings is 1. The Morgan fingerprint density at radius 3 is 2.15 bits per heavy atom. The highest BCUT2D eigenvalue weighted by atomic mass is 35.5. The Balaban J connectivity index is 1.85. The van der Waals surface area contributed by atoms with Crippen LogP contribution < -0.4 is 0 Å². The van der Waals surface area contributed by atoms with Crippen LogP contribution in [0.2, 0.25) is 10.0 Å². The van der Waals surface area contributed by atoms with Gasteiger partial charge in [-0.15, -0.1) is 0 Å². The summed E-state index contributed by atoms with van der Waals surface area (Å²) in [6.07, 6.45) is -0.155. The third kappa shape index (κ3) is 8.31. The second-order valence-corrected chi connectivity index (χ2v) is 19.1. The topological polar surface area (TPSA) is 136 Å². The minimum absolute atomic E-state index is 0.0719. The summed E-state index contributed by atoms with van der Waals surface area (Å²) in [5.74, 6) is -2.51. The SMILES string of the molecule is CC(C)[C@@H](CS(=N)(=O)C(C)C)N1C(=O)[C@@](C)(CC(=O)CS(=O)(=O)c2ccc(C#N)cc2)C[C@H](c2cccc(Cl)c2)[C@H]1c1ccc(Cl)cc1. The molecule has 256 valence electrons. The molecule has 48 heavy (non-hydrogen) atoms. The van der Waals surface area contributed by atoms with Crippen molar-refractivity contribution >= 4 is 54.5 Å². The fraction of sp³-hybridized carbons (Fsp3) is 0.417. The van der Waals surface area contributed by atoms with Crippen LogP contribution in [0.1, 0.15) is 76.1 Å². The van der Waals surface area contributed by atoms with Gasteiger partial charge in [0.2, 0.25) is 5.91 Å². The van der Waals surface area contributed by atoms with Crippen molar-refractivity contribution in [2.24, 2.45) is 11.3 Å². The van der Waals surface area contributed by atoms with E-state index in [-0.39, 0.29) is 40.9 Å². The molecule has 0 aromatic heterocycles. The van der Waals surface area contributed by atoms with Crippen molar-refractivity contribution in [1.29, 1.82) is 10.0 Å². The molecule has 1 N–H and O–H groups in total. The van der Waals surface area contributed by atoms with Crippen LogP contribution >= 0.6 is 23.2 Å². The quantitative estimate of drug-likeness (QED) is 0.202. The molecule has 1 amide bonds. The zero-order valence-electron chi connectivity index (χ0n) is 27.7. The summed E-state index contributed by atoms with van der Waals surface area (Å²) >= 11 is 12.8. The minimum Gasteiger partial charge on any atom is -0.330 e. The molecule has 8 nitrogen and oxygen atoms in total. The van der Waals surface area contributed by atoms with Crippen LogP contribution in [0.15, 0.2) is 77.7 Å². The third-order valence-corrected chi connectivity index (χ3v) is 13.7. The predicted octanol–water partition coefficient (Wildman–Crippen LogP) is 7.84. The molecule has 1 aliphatic heterocycles. The summed E-state index contributed by atoms with van der Waals surface area (Å²) in [4.78, 5) is 30.3. The number of rotatable bonds is 12. The standard InChI is InChI=1S/C36H41Cl2N3O5S2/c1-23(2)33(22-47(40,44)24(3)4)41-34(26-11-13-28(37)14-12-26)32(27-7-6-8-29(38)17-27)19-36(5,35(41)43)18-30(42)21-48(45,46)31-15-9-25(20-39)10-16-31/h6-17,23-24,32-34,40H,18-19,21-22H2,1-5H3/t32-,33-,34-,36+,47?/m1/s1. The smallest absolute Gasteiger partial charge is 0.229 e. The van der Waals surface area contributed by atoms with Crippen molar-refractivity contribution in [3.63, 3.8) is 0 Å². The number of carbonyl (C=O) groups excluding carboxylic acids is 2. The number of nitrogens with zero attached hydrogens (tertiary/aromatic N) is 2. The number of amides is 1. The summed E-state index contributed by atoms with van der Waals surface area (Å²) in [6.45, 7) is 8.98. The van der Waals surface area contributed by atoms with E-state index in [1.807, 2.05) is 50.2 Å². The van der Waals surface area contributed by atoms with Crippen LogP contribution in [0.25, 0.3) is 0 Å². The minimum atomic E-state index is -4.06. The number of halogens is 2. The molecule has 0 saturated carbocycles. The first-order valence-electron chi connectivity index (χ1n) is 15.7. The molecule has 0 bridgehead atoms. The lowest BCUT2D eigenvalue weighted by Crippen LogP contribution is -2.59.